The summed E-state index contributed by atoms with van der Waals surface area (Å²) in [4.78, 5) is 2.20. The molecule has 1 unspecified atom stereocenters. The normalized spacial score (nSPS) is 13.0. The maximum absolute atomic E-state index is 12.9. The molecule has 0 saturated carbocycles. The fourth-order valence-electron chi connectivity index (χ4n) is 1.99. The van der Waals surface area contributed by atoms with Gasteiger partial charge in [-0.3, -0.25) is 4.90 Å². The highest BCUT2D eigenvalue weighted by atomic mass is 19.1. The number of nitrogens with zero attached hydrogens (tertiary/aromatic N) is 1. The number of hydrogen-bond donors (Lipinski definition) is 2. The zero-order chi connectivity index (χ0) is 12.7. The fraction of sp³-hybridized carbons (Fsp3) is 0.538. The lowest BCUT2D eigenvalue weighted by Crippen LogP contribution is -2.34. The zero-order valence-electron chi connectivity index (χ0n) is 10.3. The van der Waals surface area contributed by atoms with E-state index in [0.29, 0.717) is 6.54 Å². The van der Waals surface area contributed by atoms with E-state index in [9.17, 15) is 4.39 Å². The first kappa shape index (κ1) is 14.1. The third-order valence-electron chi connectivity index (χ3n) is 2.93. The van der Waals surface area contributed by atoms with Crippen molar-refractivity contribution < 1.29 is 9.50 Å². The largest absolute Gasteiger partial charge is 0.396 e. The summed E-state index contributed by atoms with van der Waals surface area (Å²) in [5, 5.41) is 8.86. The number of aliphatic hydroxyl groups excluding tert-OH is 1. The maximum Gasteiger partial charge on any atom is 0.123 e. The van der Waals surface area contributed by atoms with Crippen molar-refractivity contribution in [2.24, 2.45) is 5.73 Å². The van der Waals surface area contributed by atoms with Gasteiger partial charge in [0.05, 0.1) is 0 Å². The molecule has 1 aromatic rings. The first-order valence-electron chi connectivity index (χ1n) is 6.03. The van der Waals surface area contributed by atoms with Gasteiger partial charge in [0, 0.05) is 25.7 Å². The van der Waals surface area contributed by atoms with E-state index in [1.165, 1.54) is 12.1 Å². The quantitative estimate of drug-likeness (QED) is 0.760. The minimum atomic E-state index is -0.233. The Morgan fingerprint density at radius 2 is 2.00 bits per heavy atom. The van der Waals surface area contributed by atoms with Crippen molar-refractivity contribution in [1.82, 2.24) is 4.90 Å². The Kier molecular flexibility index (Phi) is 6.11. The number of halogens is 1. The van der Waals surface area contributed by atoms with Crippen molar-refractivity contribution in [1.29, 1.82) is 0 Å². The van der Waals surface area contributed by atoms with Crippen molar-refractivity contribution in [2.45, 2.75) is 19.4 Å². The summed E-state index contributed by atoms with van der Waals surface area (Å²) in [7, 11) is 0. The van der Waals surface area contributed by atoms with E-state index in [2.05, 4.69) is 11.8 Å². The van der Waals surface area contributed by atoms with Crippen LogP contribution in [0.2, 0.25) is 0 Å². The fourth-order valence-corrected chi connectivity index (χ4v) is 1.99. The maximum atomic E-state index is 12.9. The van der Waals surface area contributed by atoms with Gasteiger partial charge in [-0.1, -0.05) is 19.1 Å². The molecule has 96 valence electrons. The Morgan fingerprint density at radius 3 is 2.47 bits per heavy atom. The highest BCUT2D eigenvalue weighted by Crippen LogP contribution is 2.19. The lowest BCUT2D eigenvalue weighted by atomic mass is 10.0. The van der Waals surface area contributed by atoms with Crippen LogP contribution in [-0.4, -0.2) is 36.2 Å². The van der Waals surface area contributed by atoms with E-state index in [0.717, 1.165) is 25.1 Å². The average molecular weight is 240 g/mol. The Hall–Kier alpha value is -0.970. The standard InChI is InChI=1S/C13H21FN2O/c1-2-16(8-3-9-17)13(10-15)11-4-6-12(14)7-5-11/h4-7,13,17H,2-3,8-10,15H2,1H3. The van der Waals surface area contributed by atoms with Gasteiger partial charge in [0.1, 0.15) is 5.82 Å². The van der Waals surface area contributed by atoms with Crippen molar-refractivity contribution in [2.75, 3.05) is 26.2 Å². The van der Waals surface area contributed by atoms with E-state index in [-0.39, 0.29) is 18.5 Å². The molecule has 3 N–H and O–H groups in total. The first-order chi connectivity index (χ1) is 8.22. The van der Waals surface area contributed by atoms with Gasteiger partial charge in [0.15, 0.2) is 0 Å². The summed E-state index contributed by atoms with van der Waals surface area (Å²) in [5.41, 5.74) is 6.82. The van der Waals surface area contributed by atoms with Crippen LogP contribution in [-0.2, 0) is 0 Å². The van der Waals surface area contributed by atoms with Crippen LogP contribution in [0.4, 0.5) is 4.39 Å². The Labute approximate surface area is 102 Å². The lowest BCUT2D eigenvalue weighted by molar-refractivity contribution is 0.185. The third-order valence-corrected chi connectivity index (χ3v) is 2.93. The topological polar surface area (TPSA) is 49.5 Å². The molecule has 17 heavy (non-hydrogen) atoms. The highest BCUT2D eigenvalue weighted by molar-refractivity contribution is 5.20. The highest BCUT2D eigenvalue weighted by Gasteiger charge is 2.16. The van der Waals surface area contributed by atoms with Gasteiger partial charge in [0.2, 0.25) is 0 Å². The van der Waals surface area contributed by atoms with E-state index >= 15 is 0 Å². The first-order valence-corrected chi connectivity index (χ1v) is 6.03. The second-order valence-corrected chi connectivity index (χ2v) is 4.01. The Bertz CT molecular complexity index is 316. The van der Waals surface area contributed by atoms with Crippen LogP contribution in [0.15, 0.2) is 24.3 Å². The second-order valence-electron chi connectivity index (χ2n) is 4.01. The Morgan fingerprint density at radius 1 is 1.35 bits per heavy atom. The number of likely N-dealkylation sites (N-methyl/N-ethyl adjacent to an activating group) is 1. The molecule has 0 fully saturated rings. The van der Waals surface area contributed by atoms with Gasteiger partial charge < -0.3 is 10.8 Å². The van der Waals surface area contributed by atoms with Crippen LogP contribution in [0.3, 0.4) is 0 Å². The van der Waals surface area contributed by atoms with Gasteiger partial charge in [-0.25, -0.2) is 4.39 Å². The van der Waals surface area contributed by atoms with Crippen molar-refractivity contribution in [3.8, 4) is 0 Å². The lowest BCUT2D eigenvalue weighted by Gasteiger charge is -2.30. The van der Waals surface area contributed by atoms with Crippen LogP contribution < -0.4 is 5.73 Å². The van der Waals surface area contributed by atoms with E-state index in [1.54, 1.807) is 12.1 Å². The average Bonchev–Trinajstić information content (AvgIpc) is 2.36. The van der Waals surface area contributed by atoms with Gasteiger partial charge in [-0.05, 0) is 30.7 Å². The summed E-state index contributed by atoms with van der Waals surface area (Å²) in [6, 6.07) is 6.55. The van der Waals surface area contributed by atoms with Crippen LogP contribution in [0.25, 0.3) is 0 Å². The molecule has 0 aliphatic heterocycles. The molecule has 0 amide bonds. The molecule has 0 saturated heterocycles. The number of nitrogens with two attached hydrogens (primary N) is 1. The van der Waals surface area contributed by atoms with Crippen molar-refractivity contribution >= 4 is 0 Å². The predicted octanol–water partition coefficient (Wildman–Crippen LogP) is 1.53. The molecule has 1 rings (SSSR count). The molecule has 0 radical (unpaired) electrons. The van der Waals surface area contributed by atoms with Crippen molar-refractivity contribution in [3.05, 3.63) is 35.6 Å². The SMILES string of the molecule is CCN(CCCO)C(CN)c1ccc(F)cc1. The summed E-state index contributed by atoms with van der Waals surface area (Å²) < 4.78 is 12.9. The zero-order valence-corrected chi connectivity index (χ0v) is 10.3. The molecule has 0 aliphatic rings. The molecule has 0 bridgehead atoms. The molecule has 1 atom stereocenters. The van der Waals surface area contributed by atoms with Crippen LogP contribution in [0.1, 0.15) is 24.9 Å². The van der Waals surface area contributed by atoms with Gasteiger partial charge >= 0.3 is 0 Å². The molecular weight excluding hydrogens is 219 g/mol. The molecule has 0 aromatic heterocycles. The minimum Gasteiger partial charge on any atom is -0.396 e. The number of hydrogen-bond acceptors (Lipinski definition) is 3. The summed E-state index contributed by atoms with van der Waals surface area (Å²) in [5.74, 6) is -0.233. The molecule has 1 aromatic carbocycles. The van der Waals surface area contributed by atoms with Gasteiger partial charge in [-0.15, -0.1) is 0 Å². The molecule has 4 heteroatoms. The minimum absolute atomic E-state index is 0.0900. The van der Waals surface area contributed by atoms with Gasteiger partial charge in [0.25, 0.3) is 0 Å². The summed E-state index contributed by atoms with van der Waals surface area (Å²) >= 11 is 0. The third kappa shape index (κ3) is 4.07. The predicted molar refractivity (Wildman–Crippen MR) is 67.1 cm³/mol. The van der Waals surface area contributed by atoms with Crippen molar-refractivity contribution in [3.63, 3.8) is 0 Å². The molecule has 0 aliphatic carbocycles. The summed E-state index contributed by atoms with van der Waals surface area (Å²) in [6.45, 7) is 4.39. The molecule has 3 nitrogen and oxygen atoms in total. The Balaban J connectivity index is 2.77. The van der Waals surface area contributed by atoms with E-state index in [4.69, 9.17) is 10.8 Å². The molecular formula is C13H21FN2O. The summed E-state index contributed by atoms with van der Waals surface area (Å²) in [6.07, 6.45) is 0.728. The number of aliphatic hydroxyl groups is 1. The van der Waals surface area contributed by atoms with Gasteiger partial charge in [-0.2, -0.15) is 0 Å². The number of benzene rings is 1. The van der Waals surface area contributed by atoms with Crippen LogP contribution >= 0.6 is 0 Å². The smallest absolute Gasteiger partial charge is 0.123 e. The van der Waals surface area contributed by atoms with Crippen LogP contribution in [0.5, 0.6) is 0 Å². The van der Waals surface area contributed by atoms with E-state index in [1.807, 2.05) is 0 Å². The number of rotatable bonds is 7. The molecule has 0 spiro atoms. The second kappa shape index (κ2) is 7.37. The van der Waals surface area contributed by atoms with Crippen LogP contribution in [0, 0.1) is 5.82 Å². The van der Waals surface area contributed by atoms with E-state index < -0.39 is 0 Å². The molecule has 0 heterocycles. The monoisotopic (exact) mass is 240 g/mol.